The maximum absolute atomic E-state index is 12.3. The molecule has 0 spiro atoms. The van der Waals surface area contributed by atoms with E-state index in [2.05, 4.69) is 0 Å². The van der Waals surface area contributed by atoms with Gasteiger partial charge in [-0.05, 0) is 50.8 Å². The molecule has 3 rings (SSSR count). The van der Waals surface area contributed by atoms with Crippen LogP contribution in [0.4, 0.5) is 5.69 Å². The van der Waals surface area contributed by atoms with Crippen LogP contribution in [-0.2, 0) is 9.59 Å². The lowest BCUT2D eigenvalue weighted by atomic mass is 10.1. The highest BCUT2D eigenvalue weighted by Crippen LogP contribution is 2.33. The third-order valence-electron chi connectivity index (χ3n) is 4.79. The molecule has 25 heavy (non-hydrogen) atoms. The maximum atomic E-state index is 12.3. The molecule has 2 aliphatic rings. The molecule has 0 unspecified atom stereocenters. The molecule has 1 aromatic carbocycles. The molecule has 2 aliphatic heterocycles. The summed E-state index contributed by atoms with van der Waals surface area (Å²) in [5.41, 5.74) is 1.17. The van der Waals surface area contributed by atoms with E-state index in [0.29, 0.717) is 36.4 Å². The highest BCUT2D eigenvalue weighted by Gasteiger charge is 2.26. The number of hydrogen-bond acceptors (Lipinski definition) is 4. The van der Waals surface area contributed by atoms with Crippen LogP contribution in [0.1, 0.15) is 49.4 Å². The number of anilines is 1. The minimum Gasteiger partial charge on any atom is -0.482 e. The molecule has 2 amide bonds. The summed E-state index contributed by atoms with van der Waals surface area (Å²) < 4.78 is 5.45. The molecular weight excluding hydrogens is 320 g/mol. The zero-order valence-electron chi connectivity index (χ0n) is 14.6. The number of carbonyl (C=O) groups excluding carboxylic acids is 3. The number of benzene rings is 1. The van der Waals surface area contributed by atoms with Crippen LogP contribution in [0.25, 0.3) is 0 Å². The lowest BCUT2D eigenvalue weighted by molar-refractivity contribution is -0.132. The largest absolute Gasteiger partial charge is 0.482 e. The van der Waals surface area contributed by atoms with Crippen LogP contribution < -0.4 is 9.64 Å². The lowest BCUT2D eigenvalue weighted by Gasteiger charge is -2.30. The average Bonchev–Trinajstić information content (AvgIpc) is 2.63. The summed E-state index contributed by atoms with van der Waals surface area (Å²) in [7, 11) is 0. The fourth-order valence-electron chi connectivity index (χ4n) is 3.36. The number of likely N-dealkylation sites (tertiary alicyclic amines) is 1. The average molecular weight is 344 g/mol. The van der Waals surface area contributed by atoms with Crippen molar-refractivity contribution in [3.8, 4) is 5.75 Å². The number of hydrogen-bond donors (Lipinski definition) is 0. The smallest absolute Gasteiger partial charge is 0.265 e. The quantitative estimate of drug-likeness (QED) is 0.769. The van der Waals surface area contributed by atoms with Crippen molar-refractivity contribution in [3.63, 3.8) is 0 Å². The predicted molar refractivity (Wildman–Crippen MR) is 94.0 cm³/mol. The third kappa shape index (κ3) is 4.00. The van der Waals surface area contributed by atoms with Crippen LogP contribution in [0.15, 0.2) is 18.2 Å². The molecule has 1 aromatic rings. The van der Waals surface area contributed by atoms with Gasteiger partial charge >= 0.3 is 0 Å². The second kappa shape index (κ2) is 7.68. The predicted octanol–water partition coefficient (Wildman–Crippen LogP) is 2.41. The number of nitrogens with zero attached hydrogens (tertiary/aromatic N) is 2. The SMILES string of the molecule is CC(=O)c1ccc2c(c1)N(CCCC(=O)N1CCCCC1)C(=O)CO2. The molecule has 1 saturated heterocycles. The normalized spacial score (nSPS) is 17.1. The lowest BCUT2D eigenvalue weighted by Crippen LogP contribution is -2.40. The van der Waals surface area contributed by atoms with E-state index in [1.54, 1.807) is 23.1 Å². The molecule has 2 heterocycles. The number of amides is 2. The minimum absolute atomic E-state index is 0.00745. The van der Waals surface area contributed by atoms with Crippen LogP contribution in [0.5, 0.6) is 5.75 Å². The Morgan fingerprint density at radius 3 is 2.64 bits per heavy atom. The Morgan fingerprint density at radius 1 is 1.16 bits per heavy atom. The maximum Gasteiger partial charge on any atom is 0.265 e. The highest BCUT2D eigenvalue weighted by atomic mass is 16.5. The Balaban J connectivity index is 1.64. The summed E-state index contributed by atoms with van der Waals surface area (Å²) in [4.78, 5) is 39.7. The second-order valence-electron chi connectivity index (χ2n) is 6.62. The second-order valence-corrected chi connectivity index (χ2v) is 6.62. The molecule has 1 fully saturated rings. The van der Waals surface area contributed by atoms with Gasteiger partial charge < -0.3 is 14.5 Å². The first-order valence-corrected chi connectivity index (χ1v) is 8.92. The first kappa shape index (κ1) is 17.5. The summed E-state index contributed by atoms with van der Waals surface area (Å²) in [6.45, 7) is 3.64. The molecule has 134 valence electrons. The molecule has 6 nitrogen and oxygen atoms in total. The summed E-state index contributed by atoms with van der Waals surface area (Å²) >= 11 is 0. The van der Waals surface area contributed by atoms with Gasteiger partial charge in [0.05, 0.1) is 5.69 Å². The summed E-state index contributed by atoms with van der Waals surface area (Å²) in [6.07, 6.45) is 4.39. The van der Waals surface area contributed by atoms with E-state index in [4.69, 9.17) is 4.74 Å². The van der Waals surface area contributed by atoms with Crippen molar-refractivity contribution in [1.82, 2.24) is 4.90 Å². The van der Waals surface area contributed by atoms with Crippen LogP contribution in [0.3, 0.4) is 0 Å². The van der Waals surface area contributed by atoms with Gasteiger partial charge in [-0.15, -0.1) is 0 Å². The fraction of sp³-hybridized carbons (Fsp3) is 0.526. The Bertz CT molecular complexity index is 680. The van der Waals surface area contributed by atoms with Gasteiger partial charge in [0.2, 0.25) is 5.91 Å². The Labute approximate surface area is 147 Å². The van der Waals surface area contributed by atoms with Gasteiger partial charge in [-0.1, -0.05) is 0 Å². The number of carbonyl (C=O) groups is 3. The zero-order chi connectivity index (χ0) is 17.8. The monoisotopic (exact) mass is 344 g/mol. The fourth-order valence-corrected chi connectivity index (χ4v) is 3.36. The number of fused-ring (bicyclic) bond motifs is 1. The third-order valence-corrected chi connectivity index (χ3v) is 4.79. The number of rotatable bonds is 5. The van der Waals surface area contributed by atoms with E-state index in [1.165, 1.54) is 13.3 Å². The Kier molecular flexibility index (Phi) is 5.36. The molecule has 0 saturated carbocycles. The van der Waals surface area contributed by atoms with E-state index in [1.807, 2.05) is 4.90 Å². The Morgan fingerprint density at radius 2 is 1.92 bits per heavy atom. The van der Waals surface area contributed by atoms with E-state index in [0.717, 1.165) is 25.9 Å². The standard InChI is InChI=1S/C19H24N2O4/c1-14(22)15-7-8-17-16(12-15)21(19(24)13-25-17)11-5-6-18(23)20-9-3-2-4-10-20/h7-8,12H,2-6,9-11,13H2,1H3. The van der Waals surface area contributed by atoms with Crippen LogP contribution in [-0.4, -0.2) is 48.7 Å². The van der Waals surface area contributed by atoms with Gasteiger partial charge in [-0.25, -0.2) is 0 Å². The molecule has 0 aliphatic carbocycles. The molecule has 0 atom stereocenters. The van der Waals surface area contributed by atoms with Gasteiger partial charge in [0.15, 0.2) is 12.4 Å². The molecule has 0 N–H and O–H groups in total. The summed E-state index contributed by atoms with van der Waals surface area (Å²) in [5.74, 6) is 0.574. The van der Waals surface area contributed by atoms with Crippen molar-refractivity contribution in [2.75, 3.05) is 31.1 Å². The molecular formula is C19H24N2O4. The van der Waals surface area contributed by atoms with Crippen LogP contribution in [0, 0.1) is 0 Å². The van der Waals surface area contributed by atoms with E-state index in [-0.39, 0.29) is 24.2 Å². The van der Waals surface area contributed by atoms with Gasteiger partial charge in [0.1, 0.15) is 5.75 Å². The van der Waals surface area contributed by atoms with Crippen molar-refractivity contribution in [1.29, 1.82) is 0 Å². The summed E-state index contributed by atoms with van der Waals surface area (Å²) in [6, 6.07) is 5.13. The first-order chi connectivity index (χ1) is 12.1. The van der Waals surface area contributed by atoms with Crippen molar-refractivity contribution >= 4 is 23.3 Å². The number of ether oxygens (including phenoxy) is 1. The van der Waals surface area contributed by atoms with Crippen molar-refractivity contribution in [3.05, 3.63) is 23.8 Å². The van der Waals surface area contributed by atoms with Crippen LogP contribution >= 0.6 is 0 Å². The first-order valence-electron chi connectivity index (χ1n) is 8.92. The van der Waals surface area contributed by atoms with Gasteiger partial charge in [0.25, 0.3) is 5.91 Å². The molecule has 0 bridgehead atoms. The van der Waals surface area contributed by atoms with Crippen molar-refractivity contribution < 1.29 is 19.1 Å². The van der Waals surface area contributed by atoms with E-state index < -0.39 is 0 Å². The molecule has 0 aromatic heterocycles. The Hall–Kier alpha value is -2.37. The van der Waals surface area contributed by atoms with Gasteiger partial charge in [-0.2, -0.15) is 0 Å². The van der Waals surface area contributed by atoms with Gasteiger partial charge in [-0.3, -0.25) is 14.4 Å². The number of ketones is 1. The topological polar surface area (TPSA) is 66.9 Å². The van der Waals surface area contributed by atoms with Gasteiger partial charge in [0, 0.05) is 31.6 Å². The van der Waals surface area contributed by atoms with E-state index in [9.17, 15) is 14.4 Å². The molecule has 0 radical (unpaired) electrons. The van der Waals surface area contributed by atoms with Crippen LogP contribution in [0.2, 0.25) is 0 Å². The summed E-state index contributed by atoms with van der Waals surface area (Å²) in [5, 5.41) is 0. The molecule has 6 heteroatoms. The zero-order valence-corrected chi connectivity index (χ0v) is 14.6. The number of piperidine rings is 1. The van der Waals surface area contributed by atoms with E-state index >= 15 is 0 Å². The number of Topliss-reactive ketones (excluding diaryl/α,β-unsaturated/α-hetero) is 1. The van der Waals surface area contributed by atoms with Crippen molar-refractivity contribution in [2.45, 2.75) is 39.0 Å². The minimum atomic E-state index is -0.140. The van der Waals surface area contributed by atoms with Crippen molar-refractivity contribution in [2.24, 2.45) is 0 Å². The highest BCUT2D eigenvalue weighted by molar-refractivity contribution is 6.01.